The number of non-ortho nitro benzene ring substituents is 1. The van der Waals surface area contributed by atoms with Crippen LogP contribution in [0, 0.1) is 17.0 Å². The van der Waals surface area contributed by atoms with E-state index >= 15 is 0 Å². The summed E-state index contributed by atoms with van der Waals surface area (Å²) < 4.78 is 0. The van der Waals surface area contributed by atoms with Gasteiger partial charge in [0, 0.05) is 48.2 Å². The summed E-state index contributed by atoms with van der Waals surface area (Å²) in [7, 11) is 0. The zero-order chi connectivity index (χ0) is 22.6. The number of benzene rings is 2. The Morgan fingerprint density at radius 2 is 1.81 bits per heavy atom. The fourth-order valence-corrected chi connectivity index (χ4v) is 4.54. The number of aryl methyl sites for hydroxylation is 1. The summed E-state index contributed by atoms with van der Waals surface area (Å²) in [5, 5.41) is 12.2. The molecular formula is C23H20N4O5. The van der Waals surface area contributed by atoms with Gasteiger partial charge in [-0.25, -0.2) is 0 Å². The topological polar surface area (TPSA) is 117 Å². The summed E-state index contributed by atoms with van der Waals surface area (Å²) in [5.74, 6) is -1.60. The van der Waals surface area contributed by atoms with E-state index in [0.29, 0.717) is 25.9 Å². The number of aromatic amines is 1. The molecule has 0 aliphatic carbocycles. The van der Waals surface area contributed by atoms with E-state index in [0.717, 1.165) is 27.6 Å². The van der Waals surface area contributed by atoms with E-state index in [1.54, 1.807) is 4.90 Å². The first-order chi connectivity index (χ1) is 15.3. The fourth-order valence-electron chi connectivity index (χ4n) is 4.54. The number of nitro groups is 1. The van der Waals surface area contributed by atoms with Crippen LogP contribution in [0.1, 0.15) is 37.5 Å². The molecule has 0 radical (unpaired) electrons. The molecule has 0 saturated heterocycles. The van der Waals surface area contributed by atoms with Crippen molar-refractivity contribution in [3.8, 4) is 0 Å². The molecule has 0 spiro atoms. The summed E-state index contributed by atoms with van der Waals surface area (Å²) in [6.45, 7) is 2.63. The van der Waals surface area contributed by atoms with Gasteiger partial charge >= 0.3 is 0 Å². The molecule has 5 rings (SSSR count). The van der Waals surface area contributed by atoms with Crippen LogP contribution in [0.5, 0.6) is 0 Å². The molecule has 32 heavy (non-hydrogen) atoms. The Morgan fingerprint density at radius 1 is 1.06 bits per heavy atom. The highest BCUT2D eigenvalue weighted by Crippen LogP contribution is 2.28. The molecule has 0 saturated carbocycles. The van der Waals surface area contributed by atoms with Crippen LogP contribution in [-0.4, -0.2) is 57.1 Å². The van der Waals surface area contributed by atoms with Crippen LogP contribution in [0.25, 0.3) is 10.9 Å². The van der Waals surface area contributed by atoms with Crippen molar-refractivity contribution in [1.29, 1.82) is 0 Å². The van der Waals surface area contributed by atoms with Gasteiger partial charge in [-0.2, -0.15) is 0 Å². The molecule has 9 heteroatoms. The van der Waals surface area contributed by atoms with E-state index in [1.807, 2.05) is 6.92 Å². The van der Waals surface area contributed by atoms with Crippen LogP contribution in [0.3, 0.4) is 0 Å². The number of fused-ring (bicyclic) bond motifs is 4. The molecule has 0 atom stereocenters. The molecule has 3 aromatic rings. The highest BCUT2D eigenvalue weighted by molar-refractivity contribution is 6.22. The molecule has 1 N–H and O–H groups in total. The number of nitrogens with zero attached hydrogens (tertiary/aromatic N) is 3. The smallest absolute Gasteiger partial charge is 0.270 e. The first-order valence-corrected chi connectivity index (χ1v) is 10.4. The molecule has 0 fully saturated rings. The van der Waals surface area contributed by atoms with Crippen molar-refractivity contribution < 1.29 is 19.3 Å². The summed E-state index contributed by atoms with van der Waals surface area (Å²) in [6, 6.07) is 9.80. The number of carbonyl (C=O) groups excluding carboxylic acids is 3. The van der Waals surface area contributed by atoms with Gasteiger partial charge in [0.2, 0.25) is 5.91 Å². The van der Waals surface area contributed by atoms with Gasteiger partial charge < -0.3 is 9.88 Å². The number of rotatable bonds is 3. The highest BCUT2D eigenvalue weighted by atomic mass is 16.6. The third-order valence-electron chi connectivity index (χ3n) is 6.22. The van der Waals surface area contributed by atoms with Crippen LogP contribution in [0.4, 0.5) is 5.69 Å². The second kappa shape index (κ2) is 7.30. The van der Waals surface area contributed by atoms with E-state index < -0.39 is 16.7 Å². The average Bonchev–Trinajstić information content (AvgIpc) is 3.12. The number of hydrogen-bond donors (Lipinski definition) is 1. The molecule has 2 aliphatic heterocycles. The van der Waals surface area contributed by atoms with Crippen molar-refractivity contribution in [3.63, 3.8) is 0 Å². The minimum atomic E-state index is -0.677. The van der Waals surface area contributed by atoms with Gasteiger partial charge in [0.1, 0.15) is 6.54 Å². The van der Waals surface area contributed by atoms with Crippen molar-refractivity contribution in [2.45, 2.75) is 19.8 Å². The van der Waals surface area contributed by atoms with Crippen molar-refractivity contribution in [2.75, 3.05) is 19.6 Å². The van der Waals surface area contributed by atoms with E-state index in [1.165, 1.54) is 23.3 Å². The van der Waals surface area contributed by atoms with E-state index in [2.05, 4.69) is 23.2 Å². The molecule has 3 heterocycles. The second-order valence-electron chi connectivity index (χ2n) is 8.20. The van der Waals surface area contributed by atoms with E-state index in [-0.39, 0.29) is 29.3 Å². The SMILES string of the molecule is Cc1ccc2[nH]c3c(c2c1)CCN(C(=O)CN1C(=O)c2ccc([N+](=O)[O-])cc2C1=O)CC3. The molecule has 2 aliphatic rings. The summed E-state index contributed by atoms with van der Waals surface area (Å²) in [5.41, 5.74) is 4.34. The maximum Gasteiger partial charge on any atom is 0.270 e. The largest absolute Gasteiger partial charge is 0.358 e. The normalized spacial score (nSPS) is 15.7. The van der Waals surface area contributed by atoms with Crippen molar-refractivity contribution in [2.24, 2.45) is 0 Å². The summed E-state index contributed by atoms with van der Waals surface area (Å²) in [4.78, 5) is 54.7. The Labute approximate surface area is 182 Å². The predicted molar refractivity (Wildman–Crippen MR) is 115 cm³/mol. The average molecular weight is 432 g/mol. The van der Waals surface area contributed by atoms with Gasteiger partial charge in [-0.1, -0.05) is 11.6 Å². The van der Waals surface area contributed by atoms with E-state index in [4.69, 9.17) is 0 Å². The minimum Gasteiger partial charge on any atom is -0.358 e. The Balaban J connectivity index is 1.32. The van der Waals surface area contributed by atoms with Gasteiger partial charge in [0.25, 0.3) is 17.5 Å². The zero-order valence-corrected chi connectivity index (χ0v) is 17.4. The first-order valence-electron chi connectivity index (χ1n) is 10.4. The Hall–Kier alpha value is -4.01. The molecule has 9 nitrogen and oxygen atoms in total. The Kier molecular flexibility index (Phi) is 4.54. The number of amides is 3. The van der Waals surface area contributed by atoms with Crippen LogP contribution in [0.2, 0.25) is 0 Å². The zero-order valence-electron chi connectivity index (χ0n) is 17.4. The van der Waals surface area contributed by atoms with Crippen LogP contribution >= 0.6 is 0 Å². The maximum absolute atomic E-state index is 13.0. The molecular weight excluding hydrogens is 412 g/mol. The number of H-pyrrole nitrogens is 1. The molecule has 1 aromatic heterocycles. The first kappa shape index (κ1) is 19.9. The van der Waals surface area contributed by atoms with Gasteiger partial charge in [0.15, 0.2) is 0 Å². The lowest BCUT2D eigenvalue weighted by atomic mass is 10.1. The van der Waals surface area contributed by atoms with Crippen molar-refractivity contribution in [3.05, 3.63) is 74.5 Å². The highest BCUT2D eigenvalue weighted by Gasteiger charge is 2.38. The summed E-state index contributed by atoms with van der Waals surface area (Å²) in [6.07, 6.45) is 1.34. The molecule has 0 unspecified atom stereocenters. The molecule has 162 valence electrons. The van der Waals surface area contributed by atoms with Crippen molar-refractivity contribution >= 4 is 34.3 Å². The van der Waals surface area contributed by atoms with Gasteiger partial charge in [-0.3, -0.25) is 29.4 Å². The minimum absolute atomic E-state index is 0.0373. The number of hydrogen-bond acceptors (Lipinski definition) is 5. The lowest BCUT2D eigenvalue weighted by molar-refractivity contribution is -0.384. The van der Waals surface area contributed by atoms with Gasteiger partial charge in [-0.05, 0) is 37.1 Å². The summed E-state index contributed by atoms with van der Waals surface area (Å²) >= 11 is 0. The second-order valence-corrected chi connectivity index (χ2v) is 8.20. The molecule has 2 aromatic carbocycles. The number of nitrogens with one attached hydrogen (secondary N) is 1. The Morgan fingerprint density at radius 3 is 2.59 bits per heavy atom. The predicted octanol–water partition coefficient (Wildman–Crippen LogP) is 2.61. The Bertz CT molecular complexity index is 1330. The number of nitro benzene ring substituents is 1. The van der Waals surface area contributed by atoms with Gasteiger partial charge in [0.05, 0.1) is 16.1 Å². The number of carbonyl (C=O) groups is 3. The molecule has 0 bridgehead atoms. The van der Waals surface area contributed by atoms with Crippen LogP contribution in [0.15, 0.2) is 36.4 Å². The maximum atomic E-state index is 13.0. The van der Waals surface area contributed by atoms with Crippen LogP contribution in [-0.2, 0) is 17.6 Å². The van der Waals surface area contributed by atoms with Gasteiger partial charge in [-0.15, -0.1) is 0 Å². The third-order valence-corrected chi connectivity index (χ3v) is 6.22. The van der Waals surface area contributed by atoms with Crippen molar-refractivity contribution in [1.82, 2.24) is 14.8 Å². The van der Waals surface area contributed by atoms with E-state index in [9.17, 15) is 24.5 Å². The monoisotopic (exact) mass is 432 g/mol. The molecule has 3 amide bonds. The third kappa shape index (κ3) is 3.13. The number of imide groups is 1. The quantitative estimate of drug-likeness (QED) is 0.388. The standard InChI is InChI=1S/C23H20N4O5/c1-13-2-5-19-17(10-13)15-6-8-25(9-7-20(15)24-19)21(28)12-26-22(29)16-4-3-14(27(31)32)11-18(16)23(26)30/h2-5,10-11,24H,6-9,12H2,1H3. The lowest BCUT2D eigenvalue weighted by Crippen LogP contribution is -2.43. The number of aromatic nitrogens is 1. The fraction of sp³-hybridized carbons (Fsp3) is 0.261. The van der Waals surface area contributed by atoms with Crippen LogP contribution < -0.4 is 0 Å². The lowest BCUT2D eigenvalue weighted by Gasteiger charge is -2.23.